The van der Waals surface area contributed by atoms with E-state index in [9.17, 15) is 19.5 Å². The highest BCUT2D eigenvalue weighted by Gasteiger charge is 2.26. The van der Waals surface area contributed by atoms with Gasteiger partial charge in [-0.25, -0.2) is 9.59 Å². The maximum absolute atomic E-state index is 13.3. The molecule has 5 aromatic rings. The first kappa shape index (κ1) is 27.2. The van der Waals surface area contributed by atoms with E-state index in [1.807, 2.05) is 67.6 Å². The Morgan fingerprint density at radius 1 is 0.878 bits per heavy atom. The molecule has 5 rings (SSSR count). The summed E-state index contributed by atoms with van der Waals surface area (Å²) >= 11 is 0. The molecule has 0 spiro atoms. The Labute approximate surface area is 236 Å². The van der Waals surface area contributed by atoms with Crippen LogP contribution in [0, 0.1) is 6.92 Å². The molecular formula is C33H28N2O6. The highest BCUT2D eigenvalue weighted by atomic mass is 16.5. The van der Waals surface area contributed by atoms with Gasteiger partial charge in [0.1, 0.15) is 24.1 Å². The van der Waals surface area contributed by atoms with Crippen molar-refractivity contribution in [1.82, 2.24) is 9.88 Å². The van der Waals surface area contributed by atoms with E-state index in [0.717, 1.165) is 11.1 Å². The van der Waals surface area contributed by atoms with E-state index < -0.39 is 24.0 Å². The number of aryl methyl sites for hydroxylation is 1. The Bertz CT molecular complexity index is 1700. The number of fused-ring (bicyclic) bond motifs is 1. The van der Waals surface area contributed by atoms with Crippen molar-refractivity contribution in [3.8, 4) is 11.5 Å². The van der Waals surface area contributed by atoms with E-state index in [0.29, 0.717) is 28.0 Å². The highest BCUT2D eigenvalue weighted by Crippen LogP contribution is 2.27. The number of benzene rings is 4. The smallest absolute Gasteiger partial charge is 0.418 e. The van der Waals surface area contributed by atoms with E-state index in [4.69, 9.17) is 9.47 Å². The topological polar surface area (TPSA) is 107 Å². The molecule has 0 unspecified atom stereocenters. The molecule has 1 heterocycles. The molecule has 1 atom stereocenters. The highest BCUT2D eigenvalue weighted by molar-refractivity contribution is 5.99. The molecule has 0 aliphatic rings. The Morgan fingerprint density at radius 2 is 1.56 bits per heavy atom. The Balaban J connectivity index is 1.38. The number of carbonyl (C=O) groups excluding carboxylic acids is 2. The molecule has 0 saturated heterocycles. The number of aromatic nitrogens is 1. The van der Waals surface area contributed by atoms with E-state index in [1.54, 1.807) is 48.7 Å². The summed E-state index contributed by atoms with van der Waals surface area (Å²) in [6.07, 6.45) is 0.935. The molecule has 0 radical (unpaired) electrons. The van der Waals surface area contributed by atoms with Crippen LogP contribution in [-0.4, -0.2) is 33.7 Å². The quantitative estimate of drug-likeness (QED) is 0.222. The summed E-state index contributed by atoms with van der Waals surface area (Å²) in [6.45, 7) is 2.01. The Hall–Kier alpha value is -5.37. The van der Waals surface area contributed by atoms with Gasteiger partial charge in [0.25, 0.3) is 5.91 Å². The Morgan fingerprint density at radius 3 is 2.29 bits per heavy atom. The SMILES string of the molecule is Cc1ccc2c(c1)c(C[C@H](NC(=O)c1ccccc1Oc1ccccc1)C(=O)O)cn2C(=O)OCc1ccccc1. The van der Waals surface area contributed by atoms with Crippen molar-refractivity contribution >= 4 is 28.9 Å². The first-order chi connectivity index (χ1) is 19.9. The number of amides is 1. The van der Waals surface area contributed by atoms with E-state index in [-0.39, 0.29) is 18.6 Å². The first-order valence-electron chi connectivity index (χ1n) is 13.1. The molecule has 0 aliphatic heterocycles. The summed E-state index contributed by atoms with van der Waals surface area (Å²) in [7, 11) is 0. The zero-order chi connectivity index (χ0) is 28.8. The van der Waals surface area contributed by atoms with Gasteiger partial charge in [-0.3, -0.25) is 9.36 Å². The van der Waals surface area contributed by atoms with Crippen LogP contribution >= 0.6 is 0 Å². The number of nitrogens with one attached hydrogen (secondary N) is 1. The number of carbonyl (C=O) groups is 3. The lowest BCUT2D eigenvalue weighted by Gasteiger charge is -2.16. The maximum atomic E-state index is 13.3. The summed E-state index contributed by atoms with van der Waals surface area (Å²) in [4.78, 5) is 38.6. The number of para-hydroxylation sites is 2. The molecule has 0 aliphatic carbocycles. The number of hydrogen-bond acceptors (Lipinski definition) is 5. The van der Waals surface area contributed by atoms with Gasteiger partial charge in [-0.05, 0) is 54.4 Å². The molecule has 1 amide bonds. The number of rotatable bonds is 9. The van der Waals surface area contributed by atoms with Gasteiger partial charge in [0.05, 0.1) is 11.1 Å². The van der Waals surface area contributed by atoms with Gasteiger partial charge in [0.2, 0.25) is 0 Å². The minimum atomic E-state index is -1.27. The number of aliphatic carboxylic acids is 1. The predicted molar refractivity (Wildman–Crippen MR) is 154 cm³/mol. The molecule has 4 aromatic carbocycles. The van der Waals surface area contributed by atoms with Gasteiger partial charge in [-0.15, -0.1) is 0 Å². The van der Waals surface area contributed by atoms with Crippen molar-refractivity contribution in [2.75, 3.05) is 0 Å². The largest absolute Gasteiger partial charge is 0.480 e. The average molecular weight is 549 g/mol. The second kappa shape index (κ2) is 12.2. The van der Waals surface area contributed by atoms with E-state index in [1.165, 1.54) is 4.57 Å². The van der Waals surface area contributed by atoms with Gasteiger partial charge in [-0.1, -0.05) is 72.3 Å². The zero-order valence-corrected chi connectivity index (χ0v) is 22.3. The molecule has 8 nitrogen and oxygen atoms in total. The van der Waals surface area contributed by atoms with E-state index >= 15 is 0 Å². The molecule has 1 aromatic heterocycles. The van der Waals surface area contributed by atoms with Crippen molar-refractivity contribution in [3.05, 3.63) is 132 Å². The second-order valence-corrected chi connectivity index (χ2v) is 9.56. The normalized spacial score (nSPS) is 11.5. The number of carboxylic acid groups (broad SMARTS) is 1. The van der Waals surface area contributed by atoms with Gasteiger partial charge >= 0.3 is 12.1 Å². The lowest BCUT2D eigenvalue weighted by Crippen LogP contribution is -2.42. The van der Waals surface area contributed by atoms with Crippen LogP contribution in [0.15, 0.2) is 109 Å². The summed E-state index contributed by atoms with van der Waals surface area (Å²) < 4.78 is 12.8. The monoisotopic (exact) mass is 548 g/mol. The third kappa shape index (κ3) is 6.45. The predicted octanol–water partition coefficient (Wildman–Crippen LogP) is 6.35. The summed E-state index contributed by atoms with van der Waals surface area (Å²) in [6, 6.07) is 29.2. The zero-order valence-electron chi connectivity index (χ0n) is 22.3. The van der Waals surface area contributed by atoms with Crippen LogP contribution in [0.1, 0.15) is 27.0 Å². The van der Waals surface area contributed by atoms with Crippen LogP contribution in [0.25, 0.3) is 10.9 Å². The van der Waals surface area contributed by atoms with Gasteiger partial charge < -0.3 is 19.9 Å². The summed E-state index contributed by atoms with van der Waals surface area (Å²) in [5, 5.41) is 13.4. The molecule has 0 fully saturated rings. The third-order valence-corrected chi connectivity index (χ3v) is 6.57. The number of ether oxygens (including phenoxy) is 2. The van der Waals surface area contributed by atoms with Gasteiger partial charge in [0.15, 0.2) is 0 Å². The maximum Gasteiger partial charge on any atom is 0.418 e. The van der Waals surface area contributed by atoms with Gasteiger partial charge in [-0.2, -0.15) is 0 Å². The standard InChI is InChI=1S/C33H28N2O6/c1-22-16-17-29-27(18-22)24(20-35(29)33(39)40-21-23-10-4-2-5-11-23)19-28(32(37)38)34-31(36)26-14-8-9-15-30(26)41-25-12-6-3-7-13-25/h2-18,20,28H,19,21H2,1H3,(H,34,36)(H,37,38)/t28-/m0/s1. The Kier molecular flexibility index (Phi) is 8.10. The first-order valence-corrected chi connectivity index (χ1v) is 13.1. The lowest BCUT2D eigenvalue weighted by atomic mass is 10.0. The van der Waals surface area contributed by atoms with Crippen molar-refractivity contribution in [1.29, 1.82) is 0 Å². The van der Waals surface area contributed by atoms with Crippen LogP contribution in [-0.2, 0) is 22.6 Å². The van der Waals surface area contributed by atoms with E-state index in [2.05, 4.69) is 5.32 Å². The third-order valence-electron chi connectivity index (χ3n) is 6.57. The van der Waals surface area contributed by atoms with Crippen LogP contribution in [0.3, 0.4) is 0 Å². The second-order valence-electron chi connectivity index (χ2n) is 9.56. The van der Waals surface area contributed by atoms with Crippen molar-refractivity contribution in [2.24, 2.45) is 0 Å². The van der Waals surface area contributed by atoms with Crippen molar-refractivity contribution in [2.45, 2.75) is 26.0 Å². The fourth-order valence-corrected chi connectivity index (χ4v) is 4.53. The molecule has 0 saturated carbocycles. The van der Waals surface area contributed by atoms with Gasteiger partial charge in [0, 0.05) is 18.0 Å². The molecule has 206 valence electrons. The number of carboxylic acids is 1. The van der Waals surface area contributed by atoms with Crippen LogP contribution in [0.4, 0.5) is 4.79 Å². The minimum Gasteiger partial charge on any atom is -0.480 e. The average Bonchev–Trinajstić information content (AvgIpc) is 3.34. The molecule has 41 heavy (non-hydrogen) atoms. The lowest BCUT2D eigenvalue weighted by molar-refractivity contribution is -0.139. The number of nitrogens with zero attached hydrogens (tertiary/aromatic N) is 1. The molecule has 2 N–H and O–H groups in total. The van der Waals surface area contributed by atoms with Crippen LogP contribution in [0.5, 0.6) is 11.5 Å². The summed E-state index contributed by atoms with van der Waals surface area (Å²) in [5.41, 5.74) is 3.16. The van der Waals surface area contributed by atoms with Crippen LogP contribution < -0.4 is 10.1 Å². The molecule has 8 heteroatoms. The fourth-order valence-electron chi connectivity index (χ4n) is 4.53. The molecule has 0 bridgehead atoms. The fraction of sp³-hybridized carbons (Fsp3) is 0.121. The minimum absolute atomic E-state index is 0.0539. The molecular weight excluding hydrogens is 520 g/mol. The van der Waals surface area contributed by atoms with Crippen molar-refractivity contribution < 1.29 is 29.0 Å². The van der Waals surface area contributed by atoms with Crippen LogP contribution in [0.2, 0.25) is 0 Å². The summed E-state index contributed by atoms with van der Waals surface area (Å²) in [5.74, 6) is -0.954. The van der Waals surface area contributed by atoms with Crippen molar-refractivity contribution in [3.63, 3.8) is 0 Å². The number of hydrogen-bond donors (Lipinski definition) is 2.